The first-order valence-electron chi connectivity index (χ1n) is 9.44. The number of nitrogens with zero attached hydrogens (tertiary/aromatic N) is 3. The van der Waals surface area contributed by atoms with Gasteiger partial charge >= 0.3 is 0 Å². The molecule has 1 atom stereocenters. The summed E-state index contributed by atoms with van der Waals surface area (Å²) in [5.41, 5.74) is 4.77. The molecule has 2 heterocycles. The topological polar surface area (TPSA) is 107 Å². The number of aromatic hydroxyl groups is 1. The number of nitrogens with one attached hydrogen (secondary N) is 1. The van der Waals surface area contributed by atoms with Gasteiger partial charge in [0.2, 0.25) is 11.0 Å². The van der Waals surface area contributed by atoms with Gasteiger partial charge in [0.1, 0.15) is 5.25 Å². The number of Topliss-reactive ketones (excluding diaryl/α,β-unsaturated/α-hetero) is 1. The van der Waals surface area contributed by atoms with Gasteiger partial charge in [-0.2, -0.15) is 4.99 Å². The smallest absolute Gasteiger partial charge is 0.262 e. The Balaban J connectivity index is 1.48. The largest absolute Gasteiger partial charge is 0.493 e. The zero-order valence-corrected chi connectivity index (χ0v) is 17.6. The van der Waals surface area contributed by atoms with Gasteiger partial charge in [0.25, 0.3) is 5.91 Å². The lowest BCUT2D eigenvalue weighted by Gasteiger charge is -2.07. The maximum absolute atomic E-state index is 12.6. The molecule has 0 saturated carbocycles. The number of H-pyrrole nitrogens is 1. The number of thioether (sulfide) groups is 1. The molecule has 0 spiro atoms. The van der Waals surface area contributed by atoms with E-state index in [1.54, 1.807) is 6.07 Å². The molecule has 0 saturated heterocycles. The number of rotatable bonds is 4. The van der Waals surface area contributed by atoms with Crippen molar-refractivity contribution < 1.29 is 14.7 Å². The monoisotopic (exact) mass is 420 g/mol. The average molecular weight is 420 g/mol. The van der Waals surface area contributed by atoms with E-state index in [-0.39, 0.29) is 23.3 Å². The van der Waals surface area contributed by atoms with Crippen LogP contribution in [0, 0.1) is 20.8 Å². The van der Waals surface area contributed by atoms with Crippen LogP contribution < -0.4 is 0 Å². The summed E-state index contributed by atoms with van der Waals surface area (Å²) in [6.45, 7) is 5.87. The summed E-state index contributed by atoms with van der Waals surface area (Å²) in [4.78, 5) is 31.6. The Labute approximate surface area is 177 Å². The van der Waals surface area contributed by atoms with Crippen LogP contribution in [0.1, 0.15) is 33.5 Å². The summed E-state index contributed by atoms with van der Waals surface area (Å²) >= 11 is 1.11. The molecule has 2 N–H and O–H groups in total. The van der Waals surface area contributed by atoms with Crippen molar-refractivity contribution in [3.63, 3.8) is 0 Å². The van der Waals surface area contributed by atoms with E-state index in [1.165, 1.54) is 0 Å². The molecule has 2 aromatic carbocycles. The predicted octanol–water partition coefficient (Wildman–Crippen LogP) is 5.15. The van der Waals surface area contributed by atoms with E-state index >= 15 is 0 Å². The lowest BCUT2D eigenvalue weighted by molar-refractivity contribution is -0.117. The number of fused-ring (bicyclic) bond motifs is 1. The molecule has 4 rings (SSSR count). The maximum atomic E-state index is 12.6. The lowest BCUT2D eigenvalue weighted by atomic mass is 10.0. The number of ketones is 1. The van der Waals surface area contributed by atoms with Gasteiger partial charge in [-0.3, -0.25) is 9.59 Å². The molecule has 1 unspecified atom stereocenters. The van der Waals surface area contributed by atoms with Crippen LogP contribution in [-0.2, 0) is 4.79 Å². The van der Waals surface area contributed by atoms with Crippen molar-refractivity contribution in [1.29, 1.82) is 0 Å². The number of carbonyl (C=O) groups is 2. The Morgan fingerprint density at radius 1 is 1.13 bits per heavy atom. The molecule has 30 heavy (non-hydrogen) atoms. The highest BCUT2D eigenvalue weighted by Gasteiger charge is 2.31. The van der Waals surface area contributed by atoms with Gasteiger partial charge in [-0.25, -0.2) is 0 Å². The zero-order valence-electron chi connectivity index (χ0n) is 16.8. The highest BCUT2D eigenvalue weighted by atomic mass is 32.2. The number of hydrogen-bond donors (Lipinski definition) is 2. The van der Waals surface area contributed by atoms with Crippen molar-refractivity contribution in [1.82, 2.24) is 4.98 Å². The number of benzene rings is 2. The fourth-order valence-corrected chi connectivity index (χ4v) is 4.09. The number of aromatic amines is 1. The molecular weight excluding hydrogens is 400 g/mol. The molecule has 0 aliphatic carbocycles. The summed E-state index contributed by atoms with van der Waals surface area (Å²) in [6, 6.07) is 11.2. The highest BCUT2D eigenvalue weighted by molar-refractivity contribution is 8.15. The molecule has 8 heteroatoms. The number of aryl methyl sites for hydroxylation is 3. The van der Waals surface area contributed by atoms with Crippen molar-refractivity contribution in [2.45, 2.75) is 32.4 Å². The van der Waals surface area contributed by atoms with Crippen LogP contribution in [0.3, 0.4) is 0 Å². The molecule has 1 aliphatic heterocycles. The van der Waals surface area contributed by atoms with Crippen LogP contribution in [0.2, 0.25) is 0 Å². The van der Waals surface area contributed by atoms with Gasteiger partial charge < -0.3 is 10.1 Å². The van der Waals surface area contributed by atoms with E-state index in [2.05, 4.69) is 20.2 Å². The molecule has 0 bridgehead atoms. The van der Waals surface area contributed by atoms with Crippen LogP contribution in [0.5, 0.6) is 5.88 Å². The van der Waals surface area contributed by atoms with Crippen molar-refractivity contribution in [2.24, 2.45) is 15.2 Å². The Hall–Kier alpha value is -3.26. The summed E-state index contributed by atoms with van der Waals surface area (Å²) in [5, 5.41) is 18.6. The molecule has 152 valence electrons. The maximum Gasteiger partial charge on any atom is 0.262 e. The number of amidine groups is 1. The summed E-state index contributed by atoms with van der Waals surface area (Å²) in [6.07, 6.45) is 0.0477. The first-order chi connectivity index (χ1) is 14.3. The number of carbonyl (C=O) groups excluding carboxylic acids is 2. The van der Waals surface area contributed by atoms with Crippen LogP contribution >= 0.6 is 11.8 Å². The summed E-state index contributed by atoms with van der Waals surface area (Å²) in [5.74, 6) is -0.608. The predicted molar refractivity (Wildman–Crippen MR) is 118 cm³/mol. The van der Waals surface area contributed by atoms with Crippen LogP contribution in [0.25, 0.3) is 10.9 Å². The van der Waals surface area contributed by atoms with Crippen molar-refractivity contribution in [3.8, 4) is 5.88 Å². The van der Waals surface area contributed by atoms with Crippen LogP contribution in [-0.4, -0.2) is 32.2 Å². The zero-order chi connectivity index (χ0) is 21.4. The fourth-order valence-electron chi connectivity index (χ4n) is 3.22. The van der Waals surface area contributed by atoms with Gasteiger partial charge in [0, 0.05) is 17.4 Å². The van der Waals surface area contributed by atoms with E-state index in [1.807, 2.05) is 51.1 Å². The van der Waals surface area contributed by atoms with Crippen molar-refractivity contribution in [2.75, 3.05) is 0 Å². The normalized spacial score (nSPS) is 16.6. The summed E-state index contributed by atoms with van der Waals surface area (Å²) < 4.78 is 0. The van der Waals surface area contributed by atoms with Gasteiger partial charge in [0.15, 0.2) is 11.5 Å². The minimum atomic E-state index is -0.619. The fraction of sp³-hybridized carbons (Fsp3) is 0.227. The molecule has 7 nitrogen and oxygen atoms in total. The SMILES string of the molecule is Cc1ccc2[nH]c(O)c(N=NC3=NC(=O)C(CC(=O)c4ccc(C)c(C)c4)S3)c2c1. The second-order valence-corrected chi connectivity index (χ2v) is 8.51. The van der Waals surface area contributed by atoms with E-state index in [9.17, 15) is 14.7 Å². The molecule has 1 aromatic heterocycles. The Kier molecular flexibility index (Phi) is 5.26. The van der Waals surface area contributed by atoms with E-state index < -0.39 is 11.2 Å². The van der Waals surface area contributed by atoms with Crippen LogP contribution in [0.4, 0.5) is 5.69 Å². The van der Waals surface area contributed by atoms with E-state index in [0.29, 0.717) is 11.3 Å². The van der Waals surface area contributed by atoms with Crippen molar-refractivity contribution in [3.05, 3.63) is 58.7 Å². The summed E-state index contributed by atoms with van der Waals surface area (Å²) in [7, 11) is 0. The Morgan fingerprint density at radius 3 is 2.70 bits per heavy atom. The van der Waals surface area contributed by atoms with Gasteiger partial charge in [-0.05, 0) is 50.1 Å². The van der Waals surface area contributed by atoms with Gasteiger partial charge in [-0.1, -0.05) is 35.5 Å². The number of aliphatic imine (C=N–C) groups is 1. The molecule has 3 aromatic rings. The second-order valence-electron chi connectivity index (χ2n) is 7.34. The number of aromatic nitrogens is 1. The average Bonchev–Trinajstić information content (AvgIpc) is 3.20. The molecular formula is C22H20N4O3S. The van der Waals surface area contributed by atoms with E-state index in [4.69, 9.17) is 0 Å². The Morgan fingerprint density at radius 2 is 1.93 bits per heavy atom. The lowest BCUT2D eigenvalue weighted by Crippen LogP contribution is -2.16. The number of azo groups is 1. The first-order valence-corrected chi connectivity index (χ1v) is 10.3. The van der Waals surface area contributed by atoms with Gasteiger partial charge in [-0.15, -0.1) is 10.2 Å². The molecule has 0 fully saturated rings. The third-order valence-electron chi connectivity index (χ3n) is 5.07. The van der Waals surface area contributed by atoms with Crippen LogP contribution in [0.15, 0.2) is 51.6 Å². The van der Waals surface area contributed by atoms with Gasteiger partial charge in [0.05, 0.1) is 5.52 Å². The van der Waals surface area contributed by atoms with Crippen molar-refractivity contribution >= 4 is 45.2 Å². The molecule has 0 radical (unpaired) electrons. The minimum absolute atomic E-state index is 0.0477. The quantitative estimate of drug-likeness (QED) is 0.449. The standard InChI is InChI=1S/C22H20N4O3S/c1-11-4-7-16-15(8-11)19(21(29)23-16)25-26-22-24-20(28)18(30-22)10-17(27)14-6-5-12(2)13(3)9-14/h4-9,18,23,29H,10H2,1-3H3. The second kappa shape index (κ2) is 7.87. The highest BCUT2D eigenvalue weighted by Crippen LogP contribution is 2.37. The third-order valence-corrected chi connectivity index (χ3v) is 6.11. The minimum Gasteiger partial charge on any atom is -0.493 e. The molecule has 1 amide bonds. The Bertz CT molecular complexity index is 1240. The number of amides is 1. The first kappa shape index (κ1) is 20.0. The number of hydrogen-bond acceptors (Lipinski definition) is 6. The third kappa shape index (κ3) is 3.91. The molecule has 1 aliphatic rings. The van der Waals surface area contributed by atoms with E-state index in [0.717, 1.165) is 39.4 Å².